The van der Waals surface area contributed by atoms with Crippen molar-refractivity contribution < 1.29 is 4.79 Å². The first-order valence-electron chi connectivity index (χ1n) is 10.7. The first-order chi connectivity index (χ1) is 14.2. The van der Waals surface area contributed by atoms with Gasteiger partial charge in [-0.25, -0.2) is 0 Å². The van der Waals surface area contributed by atoms with Gasteiger partial charge in [0.2, 0.25) is 0 Å². The second kappa shape index (κ2) is 9.96. The lowest BCUT2D eigenvalue weighted by molar-refractivity contribution is 0.0924. The van der Waals surface area contributed by atoms with E-state index in [0.717, 1.165) is 54.8 Å². The molecule has 0 radical (unpaired) electrons. The summed E-state index contributed by atoms with van der Waals surface area (Å²) in [6.07, 6.45) is 5.98. The number of hydrogen-bond donors (Lipinski definition) is 1. The van der Waals surface area contributed by atoms with Crippen LogP contribution in [-0.2, 0) is 0 Å². The molecule has 1 aliphatic carbocycles. The zero-order valence-electron chi connectivity index (χ0n) is 16.9. The normalized spacial score (nSPS) is 23.1. The SMILES string of the molecule is O=C(NC1CCC(CCN2CCN(c3cccc(Cl)c3)CC2)CC1)c1cccs1. The molecule has 1 aliphatic heterocycles. The van der Waals surface area contributed by atoms with E-state index in [4.69, 9.17) is 11.6 Å². The van der Waals surface area contributed by atoms with Crippen LogP contribution < -0.4 is 10.2 Å². The van der Waals surface area contributed by atoms with Crippen LogP contribution >= 0.6 is 22.9 Å². The molecule has 29 heavy (non-hydrogen) atoms. The quantitative estimate of drug-likeness (QED) is 0.706. The Morgan fingerprint density at radius 1 is 1.07 bits per heavy atom. The van der Waals surface area contributed by atoms with Gasteiger partial charge < -0.3 is 10.2 Å². The molecule has 0 spiro atoms. The Balaban J connectivity index is 1.14. The van der Waals surface area contributed by atoms with E-state index in [9.17, 15) is 4.79 Å². The lowest BCUT2D eigenvalue weighted by atomic mass is 9.84. The smallest absolute Gasteiger partial charge is 0.261 e. The van der Waals surface area contributed by atoms with Gasteiger partial charge in [0.1, 0.15) is 0 Å². The molecule has 1 N–H and O–H groups in total. The molecule has 4 nitrogen and oxygen atoms in total. The van der Waals surface area contributed by atoms with Crippen LogP contribution in [0.25, 0.3) is 0 Å². The fourth-order valence-electron chi connectivity index (χ4n) is 4.53. The van der Waals surface area contributed by atoms with Gasteiger partial charge in [-0.15, -0.1) is 11.3 Å². The highest BCUT2D eigenvalue weighted by Gasteiger charge is 2.24. The molecule has 2 heterocycles. The number of thiophene rings is 1. The summed E-state index contributed by atoms with van der Waals surface area (Å²) in [6.45, 7) is 5.58. The van der Waals surface area contributed by atoms with Crippen molar-refractivity contribution in [1.82, 2.24) is 10.2 Å². The second-order valence-corrected chi connectivity index (χ2v) is 9.65. The van der Waals surface area contributed by atoms with E-state index in [1.165, 1.54) is 42.8 Å². The van der Waals surface area contributed by atoms with Crippen molar-refractivity contribution in [3.05, 3.63) is 51.7 Å². The molecule has 1 saturated carbocycles. The summed E-state index contributed by atoms with van der Waals surface area (Å²) in [6, 6.07) is 12.4. The van der Waals surface area contributed by atoms with Gasteiger partial charge in [-0.05, 0) is 74.2 Å². The molecule has 156 valence electrons. The van der Waals surface area contributed by atoms with E-state index in [1.54, 1.807) is 0 Å². The molecular weight excluding hydrogens is 402 g/mol. The Kier molecular flexibility index (Phi) is 7.11. The Morgan fingerprint density at radius 3 is 2.55 bits per heavy atom. The highest BCUT2D eigenvalue weighted by Crippen LogP contribution is 2.28. The maximum absolute atomic E-state index is 12.2. The first-order valence-corrected chi connectivity index (χ1v) is 12.0. The van der Waals surface area contributed by atoms with Crippen LogP contribution in [0.1, 0.15) is 41.8 Å². The summed E-state index contributed by atoms with van der Waals surface area (Å²) >= 11 is 7.65. The predicted molar refractivity (Wildman–Crippen MR) is 122 cm³/mol. The lowest BCUT2D eigenvalue weighted by Crippen LogP contribution is -2.47. The van der Waals surface area contributed by atoms with Crippen LogP contribution in [0, 0.1) is 5.92 Å². The molecular formula is C23H30ClN3OS. The third kappa shape index (κ3) is 5.74. The van der Waals surface area contributed by atoms with Crippen molar-refractivity contribution in [3.8, 4) is 0 Å². The van der Waals surface area contributed by atoms with Gasteiger partial charge in [-0.3, -0.25) is 9.69 Å². The lowest BCUT2D eigenvalue weighted by Gasteiger charge is -2.37. The van der Waals surface area contributed by atoms with Crippen LogP contribution in [0.5, 0.6) is 0 Å². The zero-order valence-corrected chi connectivity index (χ0v) is 18.4. The van der Waals surface area contributed by atoms with Crippen molar-refractivity contribution in [2.75, 3.05) is 37.6 Å². The molecule has 2 aromatic rings. The van der Waals surface area contributed by atoms with Crippen LogP contribution in [-0.4, -0.2) is 49.6 Å². The molecule has 6 heteroatoms. The summed E-state index contributed by atoms with van der Waals surface area (Å²) in [4.78, 5) is 18.1. The van der Waals surface area contributed by atoms with Crippen molar-refractivity contribution in [1.29, 1.82) is 0 Å². The first kappa shape index (κ1) is 20.7. The van der Waals surface area contributed by atoms with Crippen LogP contribution in [0.3, 0.4) is 0 Å². The average Bonchev–Trinajstić information content (AvgIpc) is 3.29. The van der Waals surface area contributed by atoms with E-state index in [0.29, 0.717) is 6.04 Å². The minimum atomic E-state index is 0.0982. The third-order valence-corrected chi connectivity index (χ3v) is 7.43. The van der Waals surface area contributed by atoms with Gasteiger partial charge in [-0.2, -0.15) is 0 Å². The maximum Gasteiger partial charge on any atom is 0.261 e. The number of anilines is 1. The average molecular weight is 432 g/mol. The molecule has 1 aromatic carbocycles. The third-order valence-electron chi connectivity index (χ3n) is 6.33. The van der Waals surface area contributed by atoms with Crippen molar-refractivity contribution in [2.24, 2.45) is 5.92 Å². The highest BCUT2D eigenvalue weighted by molar-refractivity contribution is 7.12. The number of amides is 1. The molecule has 0 bridgehead atoms. The van der Waals surface area contributed by atoms with Crippen molar-refractivity contribution in [3.63, 3.8) is 0 Å². The molecule has 1 saturated heterocycles. The number of halogens is 1. The van der Waals surface area contributed by atoms with E-state index >= 15 is 0 Å². The fourth-order valence-corrected chi connectivity index (χ4v) is 5.34. The largest absolute Gasteiger partial charge is 0.369 e. The van der Waals surface area contributed by atoms with Gasteiger partial charge in [-0.1, -0.05) is 23.7 Å². The minimum absolute atomic E-state index is 0.0982. The highest BCUT2D eigenvalue weighted by atomic mass is 35.5. The Morgan fingerprint density at radius 2 is 1.86 bits per heavy atom. The number of hydrogen-bond acceptors (Lipinski definition) is 4. The molecule has 4 rings (SSSR count). The van der Waals surface area contributed by atoms with Crippen LogP contribution in [0.15, 0.2) is 41.8 Å². The minimum Gasteiger partial charge on any atom is -0.369 e. The van der Waals surface area contributed by atoms with Crippen molar-refractivity contribution in [2.45, 2.75) is 38.1 Å². The van der Waals surface area contributed by atoms with E-state index < -0.39 is 0 Å². The van der Waals surface area contributed by atoms with Gasteiger partial charge in [0.05, 0.1) is 4.88 Å². The van der Waals surface area contributed by atoms with Crippen LogP contribution in [0.2, 0.25) is 5.02 Å². The summed E-state index contributed by atoms with van der Waals surface area (Å²) < 4.78 is 0. The van der Waals surface area contributed by atoms with E-state index in [1.807, 2.05) is 29.6 Å². The molecule has 2 fully saturated rings. The molecule has 2 aliphatic rings. The summed E-state index contributed by atoms with van der Waals surface area (Å²) in [5.74, 6) is 0.900. The molecule has 0 atom stereocenters. The van der Waals surface area contributed by atoms with Gasteiger partial charge in [0, 0.05) is 42.9 Å². The van der Waals surface area contributed by atoms with Gasteiger partial charge >= 0.3 is 0 Å². The number of carbonyl (C=O) groups excluding carboxylic acids is 1. The van der Waals surface area contributed by atoms with Gasteiger partial charge in [0.25, 0.3) is 5.91 Å². The maximum atomic E-state index is 12.2. The summed E-state index contributed by atoms with van der Waals surface area (Å²) in [7, 11) is 0. The Labute approximate surface area is 182 Å². The Hall–Kier alpha value is -1.56. The Bertz CT molecular complexity index is 781. The predicted octanol–water partition coefficient (Wildman–Crippen LogP) is 4.90. The number of carbonyl (C=O) groups is 1. The number of piperazine rings is 1. The zero-order chi connectivity index (χ0) is 20.1. The van der Waals surface area contributed by atoms with Crippen LogP contribution in [0.4, 0.5) is 5.69 Å². The number of rotatable bonds is 6. The van der Waals surface area contributed by atoms with E-state index in [-0.39, 0.29) is 5.91 Å². The standard InChI is InChI=1S/C23H30ClN3OS/c24-19-3-1-4-21(17-19)27-14-12-26(13-15-27)11-10-18-6-8-20(9-7-18)25-23(28)22-5-2-16-29-22/h1-5,16-18,20H,6-15H2,(H,25,28). The topological polar surface area (TPSA) is 35.6 Å². The summed E-state index contributed by atoms with van der Waals surface area (Å²) in [5.41, 5.74) is 1.24. The molecule has 1 amide bonds. The number of benzene rings is 1. The summed E-state index contributed by atoms with van der Waals surface area (Å²) in [5, 5.41) is 5.99. The second-order valence-electron chi connectivity index (χ2n) is 8.27. The van der Waals surface area contributed by atoms with Gasteiger partial charge in [0.15, 0.2) is 0 Å². The number of nitrogens with zero attached hydrogens (tertiary/aromatic N) is 2. The molecule has 1 aromatic heterocycles. The monoisotopic (exact) mass is 431 g/mol. The number of nitrogens with one attached hydrogen (secondary N) is 1. The fraction of sp³-hybridized carbons (Fsp3) is 0.522. The molecule has 0 unspecified atom stereocenters. The van der Waals surface area contributed by atoms with Crippen molar-refractivity contribution >= 4 is 34.5 Å². The van der Waals surface area contributed by atoms with E-state index in [2.05, 4.69) is 27.2 Å².